The van der Waals surface area contributed by atoms with Gasteiger partial charge >= 0.3 is 6.09 Å². The van der Waals surface area contributed by atoms with Gasteiger partial charge < -0.3 is 15.8 Å². The summed E-state index contributed by atoms with van der Waals surface area (Å²) in [5, 5.41) is 2.69. The molecular weight excluding hydrogens is 272 g/mol. The topological polar surface area (TPSA) is 64.3 Å². The van der Waals surface area contributed by atoms with E-state index in [1.165, 1.54) is 0 Å². The zero-order chi connectivity index (χ0) is 11.5. The van der Waals surface area contributed by atoms with Gasteiger partial charge in [0, 0.05) is 17.4 Å². The lowest BCUT2D eigenvalue weighted by molar-refractivity contribution is 0.132. The highest BCUT2D eigenvalue weighted by Gasteiger charge is 2.33. The highest BCUT2D eigenvalue weighted by Crippen LogP contribution is 2.21. The van der Waals surface area contributed by atoms with Gasteiger partial charge in [0.2, 0.25) is 0 Å². The molecule has 1 amide bonds. The molecule has 5 heteroatoms. The second kappa shape index (κ2) is 4.84. The molecule has 86 valence electrons. The van der Waals surface area contributed by atoms with Gasteiger partial charge in [0.25, 0.3) is 0 Å². The molecule has 0 bridgehead atoms. The average molecular weight is 285 g/mol. The first kappa shape index (κ1) is 11.4. The fourth-order valence-electron chi connectivity index (χ4n) is 1.77. The van der Waals surface area contributed by atoms with Crippen LogP contribution in [0.2, 0.25) is 0 Å². The van der Waals surface area contributed by atoms with Crippen molar-refractivity contribution in [3.63, 3.8) is 0 Å². The first-order valence-corrected chi connectivity index (χ1v) is 5.90. The second-order valence-electron chi connectivity index (χ2n) is 3.73. The van der Waals surface area contributed by atoms with Gasteiger partial charge in [0.15, 0.2) is 0 Å². The minimum atomic E-state index is -0.382. The molecule has 1 fully saturated rings. The lowest BCUT2D eigenvalue weighted by atomic mass is 10.0. The van der Waals surface area contributed by atoms with Gasteiger partial charge in [-0.05, 0) is 11.6 Å². The third-order valence-corrected chi connectivity index (χ3v) is 3.42. The number of hydrogen-bond acceptors (Lipinski definition) is 3. The molecule has 2 unspecified atom stereocenters. The zero-order valence-corrected chi connectivity index (χ0v) is 10.2. The van der Waals surface area contributed by atoms with Crippen LogP contribution in [0.1, 0.15) is 5.56 Å². The van der Waals surface area contributed by atoms with E-state index in [1.54, 1.807) is 0 Å². The monoisotopic (exact) mass is 284 g/mol. The molecule has 1 saturated heterocycles. The van der Waals surface area contributed by atoms with Gasteiger partial charge in [0.1, 0.15) is 6.10 Å². The van der Waals surface area contributed by atoms with Gasteiger partial charge in [-0.2, -0.15) is 0 Å². The van der Waals surface area contributed by atoms with Crippen molar-refractivity contribution in [1.29, 1.82) is 0 Å². The smallest absolute Gasteiger partial charge is 0.407 e. The number of halogens is 1. The van der Waals surface area contributed by atoms with Crippen molar-refractivity contribution in [2.24, 2.45) is 5.73 Å². The van der Waals surface area contributed by atoms with E-state index in [9.17, 15) is 4.79 Å². The normalized spacial score (nSPS) is 24.0. The minimum Gasteiger partial charge on any atom is -0.444 e. The van der Waals surface area contributed by atoms with Crippen LogP contribution in [-0.4, -0.2) is 24.8 Å². The highest BCUT2D eigenvalue weighted by molar-refractivity contribution is 9.10. The molecule has 0 saturated carbocycles. The molecule has 1 aromatic rings. The molecule has 1 aromatic carbocycles. The highest BCUT2D eigenvalue weighted by atomic mass is 79.9. The summed E-state index contributed by atoms with van der Waals surface area (Å²) in [5.41, 5.74) is 6.69. The molecule has 1 aliphatic rings. The summed E-state index contributed by atoms with van der Waals surface area (Å²) in [5.74, 6) is 0. The average Bonchev–Trinajstić information content (AvgIpc) is 2.62. The van der Waals surface area contributed by atoms with Crippen LogP contribution in [0.15, 0.2) is 28.7 Å². The number of benzene rings is 1. The first-order valence-electron chi connectivity index (χ1n) is 5.11. The molecule has 1 heterocycles. The Balaban J connectivity index is 2.10. The number of carbonyl (C=O) groups is 1. The predicted octanol–water partition coefficient (Wildman–Crippen LogP) is 1.43. The van der Waals surface area contributed by atoms with Gasteiger partial charge in [0.05, 0.1) is 6.04 Å². The maximum atomic E-state index is 11.1. The number of carbonyl (C=O) groups excluding carboxylic acids is 1. The Morgan fingerprint density at radius 2 is 2.19 bits per heavy atom. The predicted molar refractivity (Wildman–Crippen MR) is 64.1 cm³/mol. The molecule has 0 spiro atoms. The number of alkyl carbamates (subject to hydrolysis) is 1. The molecule has 2 rings (SSSR count). The molecule has 0 radical (unpaired) electrons. The van der Waals surface area contributed by atoms with E-state index in [4.69, 9.17) is 10.5 Å². The Labute approximate surface area is 102 Å². The summed E-state index contributed by atoms with van der Waals surface area (Å²) in [6, 6.07) is 7.79. The molecule has 16 heavy (non-hydrogen) atoms. The zero-order valence-electron chi connectivity index (χ0n) is 8.65. The van der Waals surface area contributed by atoms with Crippen LogP contribution in [0.3, 0.4) is 0 Å². The number of cyclic esters (lactones) is 1. The fraction of sp³-hybridized carbons (Fsp3) is 0.364. The van der Waals surface area contributed by atoms with Gasteiger partial charge in [-0.3, -0.25) is 0 Å². The van der Waals surface area contributed by atoms with Crippen molar-refractivity contribution < 1.29 is 9.53 Å². The van der Waals surface area contributed by atoms with Gasteiger partial charge in [-0.25, -0.2) is 4.79 Å². The number of rotatable bonds is 3. The standard InChI is InChI=1S/C11H13BrN2O2/c12-8-4-2-1-3-7(8)5-10-9(6-13)14-11(15)16-10/h1-4,9-10H,5-6,13H2,(H,14,15). The first-order chi connectivity index (χ1) is 7.70. The third-order valence-electron chi connectivity index (χ3n) is 2.64. The van der Waals surface area contributed by atoms with Crippen molar-refractivity contribution in [3.8, 4) is 0 Å². The summed E-state index contributed by atoms with van der Waals surface area (Å²) in [6.45, 7) is 0.390. The Bertz CT molecular complexity index is 397. The maximum Gasteiger partial charge on any atom is 0.407 e. The number of ether oxygens (including phenoxy) is 1. The van der Waals surface area contributed by atoms with Crippen molar-refractivity contribution in [2.45, 2.75) is 18.6 Å². The van der Waals surface area contributed by atoms with Crippen LogP contribution in [0.25, 0.3) is 0 Å². The van der Waals surface area contributed by atoms with Crippen LogP contribution in [0, 0.1) is 0 Å². The summed E-state index contributed by atoms with van der Waals surface area (Å²) >= 11 is 3.47. The van der Waals surface area contributed by atoms with E-state index in [1.807, 2.05) is 24.3 Å². The third kappa shape index (κ3) is 2.36. The van der Waals surface area contributed by atoms with E-state index in [0.29, 0.717) is 13.0 Å². The van der Waals surface area contributed by atoms with E-state index < -0.39 is 0 Å². The number of nitrogens with two attached hydrogens (primary N) is 1. The van der Waals surface area contributed by atoms with Crippen LogP contribution in [0.4, 0.5) is 4.79 Å². The van der Waals surface area contributed by atoms with E-state index >= 15 is 0 Å². The molecule has 0 aromatic heterocycles. The van der Waals surface area contributed by atoms with Gasteiger partial charge in [-0.1, -0.05) is 34.1 Å². The van der Waals surface area contributed by atoms with Crippen molar-refractivity contribution in [1.82, 2.24) is 5.32 Å². The minimum absolute atomic E-state index is 0.0976. The van der Waals surface area contributed by atoms with Crippen LogP contribution in [0.5, 0.6) is 0 Å². The SMILES string of the molecule is NCC1NC(=O)OC1Cc1ccccc1Br. The second-order valence-corrected chi connectivity index (χ2v) is 4.58. The van der Waals surface area contributed by atoms with E-state index in [2.05, 4.69) is 21.2 Å². The lowest BCUT2D eigenvalue weighted by Crippen LogP contribution is -2.39. The molecule has 0 aliphatic carbocycles. The number of hydrogen-bond donors (Lipinski definition) is 2. The molecule has 2 atom stereocenters. The van der Waals surface area contributed by atoms with Crippen LogP contribution < -0.4 is 11.1 Å². The molecule has 3 N–H and O–H groups in total. The summed E-state index contributed by atoms with van der Waals surface area (Å²) in [6.07, 6.45) is 0.103. The number of nitrogens with one attached hydrogen (secondary N) is 1. The summed E-state index contributed by atoms with van der Waals surface area (Å²) in [4.78, 5) is 11.1. The Morgan fingerprint density at radius 1 is 1.44 bits per heavy atom. The van der Waals surface area contributed by atoms with Crippen molar-refractivity contribution >= 4 is 22.0 Å². The lowest BCUT2D eigenvalue weighted by Gasteiger charge is -2.15. The van der Waals surface area contributed by atoms with E-state index in [0.717, 1.165) is 10.0 Å². The van der Waals surface area contributed by atoms with Crippen LogP contribution >= 0.6 is 15.9 Å². The molecule has 4 nitrogen and oxygen atoms in total. The summed E-state index contributed by atoms with van der Waals surface area (Å²) in [7, 11) is 0. The number of amides is 1. The van der Waals surface area contributed by atoms with Crippen LogP contribution in [-0.2, 0) is 11.2 Å². The van der Waals surface area contributed by atoms with E-state index in [-0.39, 0.29) is 18.2 Å². The Hall–Kier alpha value is -1.07. The van der Waals surface area contributed by atoms with Crippen molar-refractivity contribution in [2.75, 3.05) is 6.54 Å². The fourth-order valence-corrected chi connectivity index (χ4v) is 2.22. The largest absolute Gasteiger partial charge is 0.444 e. The molecule has 1 aliphatic heterocycles. The molecular formula is C11H13BrN2O2. The summed E-state index contributed by atoms with van der Waals surface area (Å²) < 4.78 is 6.19. The Morgan fingerprint density at radius 3 is 2.88 bits per heavy atom. The van der Waals surface area contributed by atoms with Crippen molar-refractivity contribution in [3.05, 3.63) is 34.3 Å². The Kier molecular flexibility index (Phi) is 3.46. The quantitative estimate of drug-likeness (QED) is 0.883. The maximum absolute atomic E-state index is 11.1. The van der Waals surface area contributed by atoms with Gasteiger partial charge in [-0.15, -0.1) is 0 Å².